The quantitative estimate of drug-likeness (QED) is 0.757. The van der Waals surface area contributed by atoms with Crippen molar-refractivity contribution in [3.63, 3.8) is 0 Å². The minimum absolute atomic E-state index is 0.218. The van der Waals surface area contributed by atoms with Gasteiger partial charge in [-0.2, -0.15) is 0 Å². The van der Waals surface area contributed by atoms with Crippen molar-refractivity contribution >= 4 is 0 Å². The maximum absolute atomic E-state index is 9.84. The summed E-state index contributed by atoms with van der Waals surface area (Å²) in [6.07, 6.45) is 0. The summed E-state index contributed by atoms with van der Waals surface area (Å²) in [7, 11) is 4.79. The molecule has 2 aromatic carbocycles. The first-order valence-electron chi connectivity index (χ1n) is 7.87. The Hall–Kier alpha value is -3.08. The number of phenolic OH excluding ortho intramolecular Hbond substituents is 1. The molecule has 0 amide bonds. The zero-order chi connectivity index (χ0) is 18.0. The molecule has 5 nitrogen and oxygen atoms in total. The van der Waals surface area contributed by atoms with Crippen LogP contribution in [0.2, 0.25) is 0 Å². The summed E-state index contributed by atoms with van der Waals surface area (Å²) in [5.41, 5.74) is 3.71. The largest absolute Gasteiger partial charge is 0.508 e. The first-order chi connectivity index (χ1) is 12.1. The van der Waals surface area contributed by atoms with Crippen LogP contribution >= 0.6 is 0 Å². The van der Waals surface area contributed by atoms with E-state index in [0.717, 1.165) is 22.6 Å². The number of nitrogens with zero attached hydrogens (tertiary/aromatic N) is 1. The van der Waals surface area contributed by atoms with Gasteiger partial charge in [-0.25, -0.2) is 0 Å². The molecule has 1 aromatic heterocycles. The lowest BCUT2D eigenvalue weighted by Crippen LogP contribution is -2.02. The number of rotatable bonds is 5. The Labute approximate surface area is 147 Å². The van der Waals surface area contributed by atoms with Gasteiger partial charge in [-0.3, -0.25) is 0 Å². The number of phenols is 1. The number of aromatic nitrogens is 1. The van der Waals surface area contributed by atoms with Gasteiger partial charge in [0.25, 0.3) is 0 Å². The van der Waals surface area contributed by atoms with Gasteiger partial charge in [0.15, 0.2) is 11.5 Å². The number of hydrogen-bond acceptors (Lipinski definition) is 4. The van der Waals surface area contributed by atoms with Crippen molar-refractivity contribution in [1.82, 2.24) is 4.57 Å². The second-order valence-electron chi connectivity index (χ2n) is 5.60. The highest BCUT2D eigenvalue weighted by Crippen LogP contribution is 2.45. The summed E-state index contributed by atoms with van der Waals surface area (Å²) in [6.45, 7) is 2.01. The summed E-state index contributed by atoms with van der Waals surface area (Å²) in [5, 5.41) is 9.84. The van der Waals surface area contributed by atoms with Crippen molar-refractivity contribution in [1.29, 1.82) is 0 Å². The molecule has 25 heavy (non-hydrogen) atoms. The fourth-order valence-corrected chi connectivity index (χ4v) is 3.03. The van der Waals surface area contributed by atoms with Crippen LogP contribution in [0.5, 0.6) is 23.0 Å². The van der Waals surface area contributed by atoms with E-state index < -0.39 is 0 Å². The van der Waals surface area contributed by atoms with E-state index in [1.165, 1.54) is 0 Å². The molecule has 3 rings (SSSR count). The lowest BCUT2D eigenvalue weighted by molar-refractivity contribution is 0.325. The minimum Gasteiger partial charge on any atom is -0.508 e. The molecule has 0 atom stereocenters. The monoisotopic (exact) mass is 339 g/mol. The van der Waals surface area contributed by atoms with E-state index in [0.29, 0.717) is 17.2 Å². The van der Waals surface area contributed by atoms with Crippen molar-refractivity contribution in [2.24, 2.45) is 0 Å². The Bertz CT molecular complexity index is 899. The standard InChI is InChI=1S/C20H21NO4/c1-13-8-10-17(21(13)14-6-5-7-15(22)12-14)16-9-11-18(23-2)20(25-4)19(16)24-3/h5-12,22H,1-4H3. The van der Waals surface area contributed by atoms with Crippen molar-refractivity contribution in [3.05, 3.63) is 54.2 Å². The number of benzene rings is 2. The SMILES string of the molecule is COc1ccc(-c2ccc(C)n2-c2cccc(O)c2)c(OC)c1OC. The molecule has 130 valence electrons. The molecule has 0 spiro atoms. The number of hydrogen-bond donors (Lipinski definition) is 1. The molecule has 0 bridgehead atoms. The molecule has 0 saturated carbocycles. The van der Waals surface area contributed by atoms with Crippen molar-refractivity contribution < 1.29 is 19.3 Å². The van der Waals surface area contributed by atoms with Gasteiger partial charge in [0.05, 0.1) is 27.0 Å². The number of aromatic hydroxyl groups is 1. The second kappa shape index (κ2) is 6.81. The molecule has 5 heteroatoms. The topological polar surface area (TPSA) is 52.9 Å². The maximum Gasteiger partial charge on any atom is 0.203 e. The van der Waals surface area contributed by atoms with Crippen LogP contribution in [0.1, 0.15) is 5.69 Å². The molecule has 0 saturated heterocycles. The van der Waals surface area contributed by atoms with Crippen molar-refractivity contribution in [2.45, 2.75) is 6.92 Å². The van der Waals surface area contributed by atoms with Crippen LogP contribution in [0.25, 0.3) is 16.9 Å². The van der Waals surface area contributed by atoms with E-state index in [-0.39, 0.29) is 5.75 Å². The molecule has 0 fully saturated rings. The first kappa shape index (κ1) is 16.8. The third-order valence-electron chi connectivity index (χ3n) is 4.14. The average molecular weight is 339 g/mol. The molecule has 0 radical (unpaired) electrons. The Morgan fingerprint density at radius 3 is 2.24 bits per heavy atom. The van der Waals surface area contributed by atoms with Gasteiger partial charge in [0, 0.05) is 23.0 Å². The van der Waals surface area contributed by atoms with Crippen LogP contribution < -0.4 is 14.2 Å². The van der Waals surface area contributed by atoms with Crippen molar-refractivity contribution in [2.75, 3.05) is 21.3 Å². The van der Waals surface area contributed by atoms with Gasteiger partial charge < -0.3 is 23.9 Å². The van der Waals surface area contributed by atoms with E-state index in [4.69, 9.17) is 14.2 Å². The van der Waals surface area contributed by atoms with Crippen LogP contribution in [-0.2, 0) is 0 Å². The van der Waals surface area contributed by atoms with Gasteiger partial charge in [0.2, 0.25) is 5.75 Å². The van der Waals surface area contributed by atoms with Crippen molar-refractivity contribution in [3.8, 4) is 39.9 Å². The fraction of sp³-hybridized carbons (Fsp3) is 0.200. The lowest BCUT2D eigenvalue weighted by atomic mass is 10.1. The lowest BCUT2D eigenvalue weighted by Gasteiger charge is -2.18. The summed E-state index contributed by atoms with van der Waals surface area (Å²) in [5.74, 6) is 1.97. The highest BCUT2D eigenvalue weighted by atomic mass is 16.5. The Kier molecular flexibility index (Phi) is 4.57. The predicted octanol–water partition coefficient (Wildman–Crippen LogP) is 4.18. The van der Waals surface area contributed by atoms with E-state index >= 15 is 0 Å². The van der Waals surface area contributed by atoms with Crippen LogP contribution in [0.3, 0.4) is 0 Å². The van der Waals surface area contributed by atoms with E-state index in [1.807, 2.05) is 43.3 Å². The van der Waals surface area contributed by atoms with Gasteiger partial charge in [-0.05, 0) is 43.3 Å². The zero-order valence-corrected chi connectivity index (χ0v) is 14.7. The molecule has 1 N–H and O–H groups in total. The third-order valence-corrected chi connectivity index (χ3v) is 4.14. The summed E-state index contributed by atoms with van der Waals surface area (Å²) >= 11 is 0. The second-order valence-corrected chi connectivity index (χ2v) is 5.60. The Morgan fingerprint density at radius 2 is 1.60 bits per heavy atom. The molecular formula is C20H21NO4. The fourth-order valence-electron chi connectivity index (χ4n) is 3.03. The van der Waals surface area contributed by atoms with Gasteiger partial charge in [-0.1, -0.05) is 6.07 Å². The van der Waals surface area contributed by atoms with E-state index in [1.54, 1.807) is 33.5 Å². The number of aryl methyl sites for hydroxylation is 1. The summed E-state index contributed by atoms with van der Waals surface area (Å²) in [4.78, 5) is 0. The molecule has 0 aliphatic rings. The zero-order valence-electron chi connectivity index (χ0n) is 14.7. The summed E-state index contributed by atoms with van der Waals surface area (Å²) in [6, 6.07) is 15.0. The van der Waals surface area contributed by atoms with Gasteiger partial charge in [-0.15, -0.1) is 0 Å². The van der Waals surface area contributed by atoms with Crippen LogP contribution in [0.15, 0.2) is 48.5 Å². The van der Waals surface area contributed by atoms with E-state index in [2.05, 4.69) is 4.57 Å². The molecule has 0 aliphatic heterocycles. The Balaban J connectivity index is 2.25. The maximum atomic E-state index is 9.84. The van der Waals surface area contributed by atoms with Crippen LogP contribution in [-0.4, -0.2) is 31.0 Å². The summed E-state index contributed by atoms with van der Waals surface area (Å²) < 4.78 is 18.5. The van der Waals surface area contributed by atoms with Gasteiger partial charge >= 0.3 is 0 Å². The molecular weight excluding hydrogens is 318 g/mol. The highest BCUT2D eigenvalue weighted by Gasteiger charge is 2.20. The first-order valence-corrected chi connectivity index (χ1v) is 7.87. The third kappa shape index (κ3) is 2.89. The molecule has 1 heterocycles. The van der Waals surface area contributed by atoms with Crippen LogP contribution in [0, 0.1) is 6.92 Å². The molecule has 3 aromatic rings. The number of ether oxygens (including phenoxy) is 3. The predicted molar refractivity (Wildman–Crippen MR) is 97.3 cm³/mol. The minimum atomic E-state index is 0.218. The highest BCUT2D eigenvalue weighted by molar-refractivity contribution is 5.76. The smallest absolute Gasteiger partial charge is 0.203 e. The number of methoxy groups -OCH3 is 3. The molecule has 0 unspecified atom stereocenters. The molecule has 0 aliphatic carbocycles. The Morgan fingerprint density at radius 1 is 0.840 bits per heavy atom. The normalized spacial score (nSPS) is 10.6. The average Bonchev–Trinajstić information content (AvgIpc) is 3.01. The van der Waals surface area contributed by atoms with Gasteiger partial charge in [0.1, 0.15) is 5.75 Å². The van der Waals surface area contributed by atoms with Crippen LogP contribution in [0.4, 0.5) is 0 Å². The van der Waals surface area contributed by atoms with E-state index in [9.17, 15) is 5.11 Å².